The van der Waals surface area contributed by atoms with E-state index in [0.29, 0.717) is 16.4 Å². The van der Waals surface area contributed by atoms with E-state index in [4.69, 9.17) is 19.1 Å². The number of para-hydroxylation sites is 2. The predicted octanol–water partition coefficient (Wildman–Crippen LogP) is 4.07. The number of hydrogen-bond acceptors (Lipinski definition) is 11. The molecule has 0 spiro atoms. The van der Waals surface area contributed by atoms with Crippen molar-refractivity contribution >= 4 is 55.6 Å². The number of carbonyl (C=O) groups excluding carboxylic acids is 1. The van der Waals surface area contributed by atoms with Gasteiger partial charge in [-0.2, -0.15) is 23.5 Å². The molecule has 2 aliphatic rings. The minimum atomic E-state index is -4.59. The summed E-state index contributed by atoms with van der Waals surface area (Å²) in [6.07, 6.45) is 1.38. The third-order valence-corrected chi connectivity index (χ3v) is 7.80. The second-order valence-electron chi connectivity index (χ2n) is 8.29. The number of amides is 1. The van der Waals surface area contributed by atoms with Crippen LogP contribution in [-0.2, 0) is 14.9 Å². The average molecular weight is 594 g/mol. The topological polar surface area (TPSA) is 174 Å². The number of hydrazone groups is 1. The number of benzene rings is 3. The Bertz CT molecular complexity index is 1770. The number of aliphatic imine (C=N–C) groups is 1. The van der Waals surface area contributed by atoms with Crippen molar-refractivity contribution in [3.05, 3.63) is 94.0 Å². The van der Waals surface area contributed by atoms with Crippen LogP contribution in [-0.4, -0.2) is 54.0 Å². The van der Waals surface area contributed by atoms with Crippen LogP contribution in [0.5, 0.6) is 17.2 Å². The van der Waals surface area contributed by atoms with E-state index >= 15 is 0 Å². The van der Waals surface area contributed by atoms with E-state index in [1.807, 2.05) is 18.2 Å². The summed E-state index contributed by atoms with van der Waals surface area (Å²) in [5.41, 5.74) is -0.335. The zero-order valence-electron chi connectivity index (χ0n) is 21.1. The van der Waals surface area contributed by atoms with Crippen molar-refractivity contribution in [1.29, 1.82) is 5.41 Å². The zero-order valence-corrected chi connectivity index (χ0v) is 22.7. The highest BCUT2D eigenvalue weighted by atomic mass is 32.2. The molecule has 13 nitrogen and oxygen atoms in total. The molecule has 1 N–H and O–H groups in total. The van der Waals surface area contributed by atoms with Gasteiger partial charge in [-0.1, -0.05) is 36.4 Å². The molecule has 5 rings (SSSR count). The largest absolute Gasteiger partial charge is 0.493 e. The number of ether oxygens (including phenoxy) is 2. The lowest BCUT2D eigenvalue weighted by Gasteiger charge is -2.20. The van der Waals surface area contributed by atoms with Crippen molar-refractivity contribution in [3.63, 3.8) is 0 Å². The molecule has 41 heavy (non-hydrogen) atoms. The van der Waals surface area contributed by atoms with Crippen LogP contribution in [0.1, 0.15) is 5.56 Å². The van der Waals surface area contributed by atoms with Gasteiger partial charge in [-0.25, -0.2) is 0 Å². The Balaban J connectivity index is 1.37. The van der Waals surface area contributed by atoms with Crippen LogP contribution in [0, 0.1) is 15.5 Å². The molecule has 1 amide bonds. The Morgan fingerprint density at radius 2 is 1.80 bits per heavy atom. The summed E-state index contributed by atoms with van der Waals surface area (Å²) in [6, 6.07) is 18.0. The quantitative estimate of drug-likeness (QED) is 0.165. The van der Waals surface area contributed by atoms with Crippen LogP contribution in [0.3, 0.4) is 0 Å². The van der Waals surface area contributed by atoms with Crippen molar-refractivity contribution < 1.29 is 31.8 Å². The minimum absolute atomic E-state index is 0.0319. The Labute approximate surface area is 237 Å². The van der Waals surface area contributed by atoms with Gasteiger partial charge in [0, 0.05) is 6.07 Å². The van der Waals surface area contributed by atoms with Gasteiger partial charge in [0.05, 0.1) is 17.6 Å². The van der Waals surface area contributed by atoms with Crippen molar-refractivity contribution in [1.82, 2.24) is 5.01 Å². The van der Waals surface area contributed by atoms with Crippen molar-refractivity contribution in [2.45, 2.75) is 4.90 Å². The summed E-state index contributed by atoms with van der Waals surface area (Å²) in [4.78, 5) is 26.7. The monoisotopic (exact) mass is 593 g/mol. The maximum Gasteiger partial charge on any atom is 0.346 e. The fraction of sp³-hybridized carbons (Fsp3) is 0.0769. The molecule has 0 aromatic heterocycles. The van der Waals surface area contributed by atoms with E-state index < -0.39 is 31.5 Å². The fourth-order valence-corrected chi connectivity index (χ4v) is 5.65. The smallest absolute Gasteiger partial charge is 0.346 e. The van der Waals surface area contributed by atoms with Crippen molar-refractivity contribution in [3.8, 4) is 17.2 Å². The number of carbonyl (C=O) groups is 1. The number of methoxy groups -OCH3 is 1. The molecule has 3 aromatic carbocycles. The Morgan fingerprint density at radius 3 is 2.54 bits per heavy atom. The number of amidine groups is 2. The SMILES string of the molecule is COc1cc(/C=C2/C(=N)N3N=C(COc4ccccc4)SC3=NC2=O)ccc1OS(=O)(=O)c1ccccc1[N+](=O)[O-]. The van der Waals surface area contributed by atoms with Crippen LogP contribution in [0.15, 0.2) is 93.4 Å². The van der Waals surface area contributed by atoms with Gasteiger partial charge in [0.2, 0.25) is 5.17 Å². The molecule has 0 aliphatic carbocycles. The molecular formula is C26H19N5O8S2. The van der Waals surface area contributed by atoms with Crippen LogP contribution >= 0.6 is 11.8 Å². The van der Waals surface area contributed by atoms with E-state index in [-0.39, 0.29) is 34.7 Å². The van der Waals surface area contributed by atoms with Gasteiger partial charge in [0.1, 0.15) is 17.4 Å². The van der Waals surface area contributed by atoms with Gasteiger partial charge < -0.3 is 13.7 Å². The van der Waals surface area contributed by atoms with Gasteiger partial charge in [-0.15, -0.1) is 0 Å². The lowest BCUT2D eigenvalue weighted by molar-refractivity contribution is -0.387. The maximum absolute atomic E-state index is 12.8. The van der Waals surface area contributed by atoms with E-state index in [1.165, 1.54) is 48.5 Å². The third kappa shape index (κ3) is 5.80. The normalized spacial score (nSPS) is 15.7. The standard InChI is InChI=1S/C26H19N5O8S2/c1-37-21-14-16(11-12-20(21)39-41(35,36)22-10-6-5-9-19(22)31(33)34)13-18-24(27)30-26(28-25(18)32)40-23(29-30)15-38-17-7-3-2-4-8-17/h2-14,27H,15H2,1H3/b18-13-,27-24?. The number of nitro benzene ring substituents is 1. The minimum Gasteiger partial charge on any atom is -0.493 e. The second kappa shape index (κ2) is 11.2. The summed E-state index contributed by atoms with van der Waals surface area (Å²) in [5, 5.41) is 26.2. The van der Waals surface area contributed by atoms with E-state index in [9.17, 15) is 23.3 Å². The fourth-order valence-electron chi connectivity index (χ4n) is 3.74. The predicted molar refractivity (Wildman–Crippen MR) is 151 cm³/mol. The third-order valence-electron chi connectivity index (χ3n) is 5.63. The van der Waals surface area contributed by atoms with E-state index in [2.05, 4.69) is 10.1 Å². The van der Waals surface area contributed by atoms with Crippen LogP contribution in [0.4, 0.5) is 5.69 Å². The number of thioether (sulfide) groups is 1. The Hall–Kier alpha value is -5.02. The lowest BCUT2D eigenvalue weighted by Crippen LogP contribution is -2.35. The molecule has 0 saturated carbocycles. The number of nitrogens with zero attached hydrogens (tertiary/aromatic N) is 4. The highest BCUT2D eigenvalue weighted by Crippen LogP contribution is 2.34. The van der Waals surface area contributed by atoms with Crippen LogP contribution in [0.25, 0.3) is 6.08 Å². The van der Waals surface area contributed by atoms with Gasteiger partial charge in [-0.05, 0) is 53.7 Å². The van der Waals surface area contributed by atoms with E-state index in [1.54, 1.807) is 12.1 Å². The molecule has 15 heteroatoms. The molecule has 0 atom stereocenters. The number of rotatable bonds is 9. The van der Waals surface area contributed by atoms with Gasteiger partial charge in [0.15, 0.2) is 22.2 Å². The molecule has 0 bridgehead atoms. The van der Waals surface area contributed by atoms with Crippen LogP contribution < -0.4 is 13.7 Å². The number of hydrogen-bond donors (Lipinski definition) is 1. The second-order valence-corrected chi connectivity index (χ2v) is 10.8. The molecule has 0 fully saturated rings. The van der Waals surface area contributed by atoms with Crippen molar-refractivity contribution in [2.75, 3.05) is 13.7 Å². The highest BCUT2D eigenvalue weighted by molar-refractivity contribution is 8.27. The summed E-state index contributed by atoms with van der Waals surface area (Å²) in [5.74, 6) is -0.490. The molecule has 0 radical (unpaired) electrons. The summed E-state index contributed by atoms with van der Waals surface area (Å²) in [7, 11) is -3.32. The van der Waals surface area contributed by atoms with Gasteiger partial charge >= 0.3 is 10.1 Å². The summed E-state index contributed by atoms with van der Waals surface area (Å²) >= 11 is 1.12. The maximum atomic E-state index is 12.8. The first-order valence-electron chi connectivity index (χ1n) is 11.7. The van der Waals surface area contributed by atoms with Crippen molar-refractivity contribution in [2.24, 2.45) is 10.1 Å². The summed E-state index contributed by atoms with van der Waals surface area (Å²) in [6.45, 7) is 0.123. The highest BCUT2D eigenvalue weighted by Gasteiger charge is 2.36. The first-order chi connectivity index (χ1) is 19.7. The first-order valence-corrected chi connectivity index (χ1v) is 13.9. The molecule has 0 unspecified atom stereocenters. The number of nitrogens with one attached hydrogen (secondary N) is 1. The van der Waals surface area contributed by atoms with Gasteiger partial charge in [0.25, 0.3) is 11.6 Å². The van der Waals surface area contributed by atoms with Gasteiger partial charge in [-0.3, -0.25) is 20.3 Å². The average Bonchev–Trinajstić information content (AvgIpc) is 3.38. The van der Waals surface area contributed by atoms with Crippen LogP contribution in [0.2, 0.25) is 0 Å². The molecule has 2 aliphatic heterocycles. The summed E-state index contributed by atoms with van der Waals surface area (Å²) < 4.78 is 41.8. The number of nitro groups is 1. The number of fused-ring (bicyclic) bond motifs is 1. The first kappa shape index (κ1) is 27.5. The Kier molecular flexibility index (Phi) is 7.54. The lowest BCUT2D eigenvalue weighted by atomic mass is 10.1. The molecular weight excluding hydrogens is 574 g/mol. The molecule has 0 saturated heterocycles. The molecule has 2 heterocycles. The Morgan fingerprint density at radius 1 is 1.07 bits per heavy atom. The molecule has 3 aromatic rings. The molecule has 208 valence electrons. The van der Waals surface area contributed by atoms with E-state index in [0.717, 1.165) is 23.9 Å². The zero-order chi connectivity index (χ0) is 29.1.